The van der Waals surface area contributed by atoms with Gasteiger partial charge in [-0.15, -0.1) is 0 Å². The number of carbonyl (C=O) groups is 2. The number of aldehydes is 1. The number of ether oxygens (including phenoxy) is 3. The molecule has 1 atom stereocenters. The average molecular weight is 500 g/mol. The minimum Gasteiger partial charge on any atom is -0.494 e. The van der Waals surface area contributed by atoms with E-state index in [-0.39, 0.29) is 6.04 Å². The van der Waals surface area contributed by atoms with Crippen LogP contribution >= 0.6 is 0 Å². The fraction of sp³-hybridized carbons (Fsp3) is 0.290. The molecule has 0 aliphatic carbocycles. The van der Waals surface area contributed by atoms with Gasteiger partial charge in [-0.05, 0) is 96.5 Å². The van der Waals surface area contributed by atoms with Gasteiger partial charge in [-0.1, -0.05) is 24.3 Å². The van der Waals surface area contributed by atoms with E-state index in [2.05, 4.69) is 60.3 Å². The zero-order valence-electron chi connectivity index (χ0n) is 21.6. The number of fused-ring (bicyclic) bond motifs is 1. The molecule has 6 heteroatoms. The van der Waals surface area contributed by atoms with E-state index in [0.717, 1.165) is 64.1 Å². The van der Waals surface area contributed by atoms with Gasteiger partial charge in [0.15, 0.2) is 0 Å². The summed E-state index contributed by atoms with van der Waals surface area (Å²) < 4.78 is 16.7. The summed E-state index contributed by atoms with van der Waals surface area (Å²) >= 11 is 0. The van der Waals surface area contributed by atoms with E-state index in [0.29, 0.717) is 19.6 Å². The van der Waals surface area contributed by atoms with Crippen LogP contribution in [-0.4, -0.2) is 32.6 Å². The normalized spacial score (nSPS) is 14.4. The summed E-state index contributed by atoms with van der Waals surface area (Å²) in [6, 6.07) is 18.5. The summed E-state index contributed by atoms with van der Waals surface area (Å²) in [6.07, 6.45) is 6.35. The van der Waals surface area contributed by atoms with Crippen LogP contribution in [0, 0.1) is 13.8 Å². The van der Waals surface area contributed by atoms with E-state index in [4.69, 9.17) is 9.47 Å². The zero-order valence-corrected chi connectivity index (χ0v) is 21.6. The predicted octanol–water partition coefficient (Wildman–Crippen LogP) is 6.45. The lowest BCUT2D eigenvalue weighted by Crippen LogP contribution is -2.24. The van der Waals surface area contributed by atoms with Crippen molar-refractivity contribution in [2.24, 2.45) is 0 Å². The maximum absolute atomic E-state index is 11.4. The predicted molar refractivity (Wildman–Crippen MR) is 146 cm³/mol. The largest absolute Gasteiger partial charge is 0.494 e. The molecule has 1 heterocycles. The molecule has 6 nitrogen and oxygen atoms in total. The molecule has 1 aliphatic rings. The lowest BCUT2D eigenvalue weighted by Gasteiger charge is -2.28. The van der Waals surface area contributed by atoms with Crippen molar-refractivity contribution in [3.63, 3.8) is 0 Å². The quantitative estimate of drug-likeness (QED) is 0.150. The minimum absolute atomic E-state index is 0.0125. The van der Waals surface area contributed by atoms with Gasteiger partial charge < -0.3 is 24.3 Å². The van der Waals surface area contributed by atoms with Crippen molar-refractivity contribution in [1.82, 2.24) is 0 Å². The number of carbonyl (C=O) groups excluding carboxylic acids is 2. The Morgan fingerprint density at radius 2 is 1.89 bits per heavy atom. The highest BCUT2D eigenvalue weighted by atomic mass is 16.5. The third-order valence-electron chi connectivity index (χ3n) is 6.42. The first-order chi connectivity index (χ1) is 18.0. The summed E-state index contributed by atoms with van der Waals surface area (Å²) in [4.78, 5) is 21.8. The standard InChI is InChI=1S/C31H33NO5/c1-21-16-26(36-15-6-4-5-14-33)17-22(2)31(21)25-9-7-8-24(19-25)28-20-37-29-18-23(10-12-27(29)32-28)11-13-30(34)35-3/h7-14,16-19,28,32H,4-6,15,20H2,1-3H3/b13-11+. The highest BCUT2D eigenvalue weighted by molar-refractivity contribution is 5.87. The molecule has 0 amide bonds. The Morgan fingerprint density at radius 1 is 1.08 bits per heavy atom. The highest BCUT2D eigenvalue weighted by Crippen LogP contribution is 2.37. The highest BCUT2D eigenvalue weighted by Gasteiger charge is 2.21. The van der Waals surface area contributed by atoms with Gasteiger partial charge in [0.25, 0.3) is 0 Å². The van der Waals surface area contributed by atoms with Crippen molar-refractivity contribution in [1.29, 1.82) is 0 Å². The van der Waals surface area contributed by atoms with Crippen LogP contribution in [0.5, 0.6) is 11.5 Å². The fourth-order valence-electron chi connectivity index (χ4n) is 4.59. The maximum atomic E-state index is 11.4. The molecular weight excluding hydrogens is 466 g/mol. The molecule has 1 N–H and O–H groups in total. The van der Waals surface area contributed by atoms with E-state index >= 15 is 0 Å². The molecule has 1 aliphatic heterocycles. The SMILES string of the molecule is COC(=O)/C=C/c1ccc2c(c1)OCC(c1cccc(-c3c(C)cc(OCCCCC=O)cc3C)c1)N2. The number of benzene rings is 3. The molecule has 0 fully saturated rings. The van der Waals surface area contributed by atoms with Crippen LogP contribution < -0.4 is 14.8 Å². The third kappa shape index (κ3) is 6.58. The first kappa shape index (κ1) is 26.0. The molecule has 1 unspecified atom stereocenters. The molecule has 0 saturated carbocycles. The van der Waals surface area contributed by atoms with E-state index in [1.165, 1.54) is 18.7 Å². The summed E-state index contributed by atoms with van der Waals surface area (Å²) in [5, 5.41) is 3.59. The lowest BCUT2D eigenvalue weighted by atomic mass is 9.93. The van der Waals surface area contributed by atoms with Crippen molar-refractivity contribution in [2.75, 3.05) is 25.6 Å². The second-order valence-electron chi connectivity index (χ2n) is 9.19. The first-order valence-electron chi connectivity index (χ1n) is 12.6. The second-order valence-corrected chi connectivity index (χ2v) is 9.19. The Labute approximate surface area is 218 Å². The molecule has 0 bridgehead atoms. The number of unbranched alkanes of at least 4 members (excludes halogenated alkanes) is 2. The molecule has 0 saturated heterocycles. The first-order valence-corrected chi connectivity index (χ1v) is 12.6. The molecular formula is C31H33NO5. The summed E-state index contributed by atoms with van der Waals surface area (Å²) in [5.74, 6) is 1.23. The van der Waals surface area contributed by atoms with Gasteiger partial charge in [0, 0.05) is 12.5 Å². The van der Waals surface area contributed by atoms with Gasteiger partial charge in [-0.25, -0.2) is 4.79 Å². The van der Waals surface area contributed by atoms with Crippen LogP contribution in [0.4, 0.5) is 5.69 Å². The van der Waals surface area contributed by atoms with Crippen LogP contribution in [0.1, 0.15) is 47.6 Å². The third-order valence-corrected chi connectivity index (χ3v) is 6.42. The summed E-state index contributed by atoms with van der Waals surface area (Å²) in [5.41, 5.74) is 7.60. The zero-order chi connectivity index (χ0) is 26.2. The summed E-state index contributed by atoms with van der Waals surface area (Å²) in [7, 11) is 1.36. The van der Waals surface area contributed by atoms with Crippen LogP contribution in [-0.2, 0) is 14.3 Å². The number of hydrogen-bond acceptors (Lipinski definition) is 6. The number of esters is 1. The van der Waals surface area contributed by atoms with Gasteiger partial charge in [0.2, 0.25) is 0 Å². The Hall–Kier alpha value is -4.06. The van der Waals surface area contributed by atoms with E-state index in [1.54, 1.807) is 6.08 Å². The lowest BCUT2D eigenvalue weighted by molar-refractivity contribution is -0.134. The number of nitrogens with one attached hydrogen (secondary N) is 1. The van der Waals surface area contributed by atoms with Crippen LogP contribution in [0.2, 0.25) is 0 Å². The van der Waals surface area contributed by atoms with Crippen molar-refractivity contribution in [2.45, 2.75) is 39.2 Å². The van der Waals surface area contributed by atoms with E-state index < -0.39 is 5.97 Å². The Bertz CT molecular complexity index is 1270. The van der Waals surface area contributed by atoms with Crippen molar-refractivity contribution >= 4 is 24.0 Å². The number of methoxy groups -OCH3 is 1. The molecule has 0 radical (unpaired) electrons. The molecule has 3 aromatic carbocycles. The van der Waals surface area contributed by atoms with Gasteiger partial charge in [0.1, 0.15) is 24.4 Å². The number of hydrogen-bond donors (Lipinski definition) is 1. The molecule has 3 aromatic rings. The van der Waals surface area contributed by atoms with Crippen LogP contribution in [0.25, 0.3) is 17.2 Å². The Kier molecular flexibility index (Phi) is 8.62. The van der Waals surface area contributed by atoms with E-state index in [1.807, 2.05) is 18.2 Å². The van der Waals surface area contributed by atoms with Crippen molar-refractivity contribution in [3.8, 4) is 22.6 Å². The topological polar surface area (TPSA) is 73.9 Å². The van der Waals surface area contributed by atoms with Crippen LogP contribution in [0.15, 0.2) is 60.7 Å². The monoisotopic (exact) mass is 499 g/mol. The van der Waals surface area contributed by atoms with Gasteiger partial charge in [-0.2, -0.15) is 0 Å². The van der Waals surface area contributed by atoms with Crippen molar-refractivity contribution in [3.05, 3.63) is 82.9 Å². The second kappa shape index (κ2) is 12.3. The molecule has 0 aromatic heterocycles. The number of anilines is 1. The Morgan fingerprint density at radius 3 is 2.65 bits per heavy atom. The molecule has 192 valence electrons. The van der Waals surface area contributed by atoms with Gasteiger partial charge in [-0.3, -0.25) is 0 Å². The fourth-order valence-corrected chi connectivity index (χ4v) is 4.59. The van der Waals surface area contributed by atoms with Crippen LogP contribution in [0.3, 0.4) is 0 Å². The Balaban J connectivity index is 1.48. The molecule has 37 heavy (non-hydrogen) atoms. The molecule has 4 rings (SSSR count). The smallest absolute Gasteiger partial charge is 0.330 e. The van der Waals surface area contributed by atoms with Gasteiger partial charge >= 0.3 is 5.97 Å². The minimum atomic E-state index is -0.393. The number of rotatable bonds is 10. The van der Waals surface area contributed by atoms with E-state index in [9.17, 15) is 9.59 Å². The van der Waals surface area contributed by atoms with Crippen molar-refractivity contribution < 1.29 is 23.8 Å². The summed E-state index contributed by atoms with van der Waals surface area (Å²) in [6.45, 7) is 5.33. The maximum Gasteiger partial charge on any atom is 0.330 e. The average Bonchev–Trinajstić information content (AvgIpc) is 2.91. The molecule has 0 spiro atoms. The number of aryl methyl sites for hydroxylation is 2. The van der Waals surface area contributed by atoms with Gasteiger partial charge in [0.05, 0.1) is 25.4 Å².